The summed E-state index contributed by atoms with van der Waals surface area (Å²) in [4.78, 5) is 18.2. The molecule has 1 saturated heterocycles. The quantitative estimate of drug-likeness (QED) is 0.450. The van der Waals surface area contributed by atoms with E-state index >= 15 is 0 Å². The van der Waals surface area contributed by atoms with E-state index in [1.54, 1.807) is 36.2 Å². The molecule has 7 nitrogen and oxygen atoms in total. The fraction of sp³-hybridized carbons (Fsp3) is 0.280. The number of hydrogen-bond donors (Lipinski definition) is 1. The molecule has 0 bridgehead atoms. The Morgan fingerprint density at radius 2 is 1.85 bits per heavy atom. The fourth-order valence-electron chi connectivity index (χ4n) is 3.75. The number of nitrogens with one attached hydrogen (secondary N) is 1. The van der Waals surface area contributed by atoms with Gasteiger partial charge in [-0.3, -0.25) is 9.78 Å². The number of anilines is 1. The first-order chi connectivity index (χ1) is 16.5. The summed E-state index contributed by atoms with van der Waals surface area (Å²) in [6.07, 6.45) is 6.33. The summed E-state index contributed by atoms with van der Waals surface area (Å²) in [5.74, 6) is 0.846. The largest absolute Gasteiger partial charge is 0.495 e. The molecule has 1 amide bonds. The van der Waals surface area contributed by atoms with Crippen molar-refractivity contribution in [1.29, 1.82) is 0 Å². The van der Waals surface area contributed by atoms with Gasteiger partial charge in [0.15, 0.2) is 0 Å². The van der Waals surface area contributed by atoms with Crippen molar-refractivity contribution in [3.63, 3.8) is 0 Å². The van der Waals surface area contributed by atoms with Crippen LogP contribution in [0.4, 0.5) is 5.69 Å². The zero-order chi connectivity index (χ0) is 24.0. The highest BCUT2D eigenvalue weighted by atomic mass is 32.2. The summed E-state index contributed by atoms with van der Waals surface area (Å²) in [7, 11) is -2.14. The van der Waals surface area contributed by atoms with Crippen molar-refractivity contribution in [3.8, 4) is 5.75 Å². The summed E-state index contributed by atoms with van der Waals surface area (Å²) in [5.41, 5.74) is 1.92. The number of piperidine rings is 1. The van der Waals surface area contributed by atoms with Gasteiger partial charge < -0.3 is 10.1 Å². The van der Waals surface area contributed by atoms with Gasteiger partial charge in [0.2, 0.25) is 10.0 Å². The van der Waals surface area contributed by atoms with Crippen LogP contribution in [0.2, 0.25) is 0 Å². The molecule has 34 heavy (non-hydrogen) atoms. The molecule has 0 radical (unpaired) electrons. The second-order valence-electron chi connectivity index (χ2n) is 7.96. The second-order valence-corrected chi connectivity index (χ2v) is 10.9. The first-order valence-electron chi connectivity index (χ1n) is 11.1. The van der Waals surface area contributed by atoms with E-state index in [0.29, 0.717) is 30.1 Å². The molecule has 0 atom stereocenters. The van der Waals surface area contributed by atoms with Crippen molar-refractivity contribution < 1.29 is 17.9 Å². The molecule has 0 unspecified atom stereocenters. The molecule has 2 aromatic carbocycles. The molecule has 178 valence electrons. The molecule has 1 N–H and O–H groups in total. The first kappa shape index (κ1) is 24.3. The first-order valence-corrected chi connectivity index (χ1v) is 13.5. The van der Waals surface area contributed by atoms with Crippen LogP contribution in [-0.4, -0.2) is 43.8 Å². The van der Waals surface area contributed by atoms with E-state index in [1.807, 2.05) is 30.5 Å². The van der Waals surface area contributed by atoms with Crippen LogP contribution in [0.25, 0.3) is 0 Å². The lowest BCUT2D eigenvalue weighted by molar-refractivity contribution is 0.102. The molecule has 1 aromatic heterocycles. The van der Waals surface area contributed by atoms with Crippen LogP contribution in [0.5, 0.6) is 5.75 Å². The third-order valence-corrected chi connectivity index (χ3v) is 8.59. The zero-order valence-electron chi connectivity index (χ0n) is 18.9. The minimum absolute atomic E-state index is 0.146. The molecule has 0 aliphatic carbocycles. The van der Waals surface area contributed by atoms with Crippen molar-refractivity contribution in [1.82, 2.24) is 9.29 Å². The standard InChI is InChI=1S/C25H27N3O4S2/c1-32-24-12-11-22(34(30,31)28-14-3-2-4-15-28)16-23(24)27-25(29)20-7-9-21(10-8-20)33-18-19-6-5-13-26-17-19/h5-13,16-17H,2-4,14-15,18H2,1H3,(H,27,29). The second kappa shape index (κ2) is 11.0. The molecule has 3 aromatic rings. The minimum Gasteiger partial charge on any atom is -0.495 e. The fourth-order valence-corrected chi connectivity index (χ4v) is 6.12. The van der Waals surface area contributed by atoms with Crippen LogP contribution in [0.1, 0.15) is 35.2 Å². The minimum atomic E-state index is -3.63. The highest BCUT2D eigenvalue weighted by molar-refractivity contribution is 7.98. The molecule has 1 fully saturated rings. The Bertz CT molecular complexity index is 1230. The topological polar surface area (TPSA) is 88.6 Å². The number of methoxy groups -OCH3 is 1. The maximum atomic E-state index is 13.1. The highest BCUT2D eigenvalue weighted by Crippen LogP contribution is 2.30. The monoisotopic (exact) mass is 497 g/mol. The number of ether oxygens (including phenoxy) is 1. The average Bonchev–Trinajstić information content (AvgIpc) is 2.89. The maximum absolute atomic E-state index is 13.1. The van der Waals surface area contributed by atoms with Crippen LogP contribution in [0.3, 0.4) is 0 Å². The molecule has 2 heterocycles. The van der Waals surface area contributed by atoms with Crippen LogP contribution < -0.4 is 10.1 Å². The van der Waals surface area contributed by atoms with Gasteiger partial charge in [-0.1, -0.05) is 12.5 Å². The van der Waals surface area contributed by atoms with Gasteiger partial charge in [-0.25, -0.2) is 8.42 Å². The number of pyridine rings is 1. The van der Waals surface area contributed by atoms with E-state index in [2.05, 4.69) is 10.3 Å². The molecule has 0 saturated carbocycles. The molecule has 1 aliphatic heterocycles. The Morgan fingerprint density at radius 3 is 2.53 bits per heavy atom. The Balaban J connectivity index is 1.47. The third-order valence-electron chi connectivity index (χ3n) is 5.62. The average molecular weight is 498 g/mol. The number of thioether (sulfide) groups is 1. The van der Waals surface area contributed by atoms with Crippen LogP contribution in [0, 0.1) is 0 Å². The molecular formula is C25H27N3O4S2. The van der Waals surface area contributed by atoms with Crippen molar-refractivity contribution >= 4 is 33.4 Å². The Labute approximate surface area is 204 Å². The summed E-state index contributed by atoms with van der Waals surface area (Å²) in [6, 6.07) is 15.8. The summed E-state index contributed by atoms with van der Waals surface area (Å²) < 4.78 is 33.0. The predicted molar refractivity (Wildman–Crippen MR) is 134 cm³/mol. The Morgan fingerprint density at radius 1 is 1.09 bits per heavy atom. The van der Waals surface area contributed by atoms with Crippen LogP contribution in [-0.2, 0) is 15.8 Å². The van der Waals surface area contributed by atoms with Crippen molar-refractivity contribution in [3.05, 3.63) is 78.1 Å². The van der Waals surface area contributed by atoms with Gasteiger partial charge in [-0.2, -0.15) is 4.31 Å². The number of sulfonamides is 1. The van der Waals surface area contributed by atoms with Crippen molar-refractivity contribution in [2.75, 3.05) is 25.5 Å². The number of carbonyl (C=O) groups is 1. The number of rotatable bonds is 8. The molecule has 0 spiro atoms. The Kier molecular flexibility index (Phi) is 7.87. The summed E-state index contributed by atoms with van der Waals surface area (Å²) in [6.45, 7) is 1.03. The van der Waals surface area contributed by atoms with E-state index in [0.717, 1.165) is 35.5 Å². The molecule has 1 aliphatic rings. The third kappa shape index (κ3) is 5.78. The van der Waals surface area contributed by atoms with E-state index < -0.39 is 10.0 Å². The van der Waals surface area contributed by atoms with E-state index in [-0.39, 0.29) is 10.8 Å². The van der Waals surface area contributed by atoms with Gasteiger partial charge in [0.25, 0.3) is 5.91 Å². The number of nitrogens with zero attached hydrogens (tertiary/aromatic N) is 2. The van der Waals surface area contributed by atoms with Crippen molar-refractivity contribution in [2.24, 2.45) is 0 Å². The Hall–Kier alpha value is -2.88. The summed E-state index contributed by atoms with van der Waals surface area (Å²) in [5, 5.41) is 2.81. The predicted octanol–water partition coefficient (Wildman–Crippen LogP) is 4.81. The van der Waals surface area contributed by atoms with Gasteiger partial charge in [0, 0.05) is 41.7 Å². The van der Waals surface area contributed by atoms with Crippen LogP contribution >= 0.6 is 11.8 Å². The summed E-state index contributed by atoms with van der Waals surface area (Å²) >= 11 is 1.66. The lowest BCUT2D eigenvalue weighted by atomic mass is 10.2. The SMILES string of the molecule is COc1ccc(S(=O)(=O)N2CCCCC2)cc1NC(=O)c1ccc(SCc2cccnc2)cc1. The number of carbonyl (C=O) groups excluding carboxylic acids is 1. The van der Waals surface area contributed by atoms with Gasteiger partial charge >= 0.3 is 0 Å². The van der Waals surface area contributed by atoms with Gasteiger partial charge in [0.1, 0.15) is 5.75 Å². The number of aromatic nitrogens is 1. The number of benzene rings is 2. The number of hydrogen-bond acceptors (Lipinski definition) is 6. The maximum Gasteiger partial charge on any atom is 0.255 e. The molecule has 4 rings (SSSR count). The molecule has 9 heteroatoms. The molecular weight excluding hydrogens is 470 g/mol. The van der Waals surface area contributed by atoms with Crippen LogP contribution in [0.15, 0.2) is 76.8 Å². The van der Waals surface area contributed by atoms with Crippen molar-refractivity contribution in [2.45, 2.75) is 34.8 Å². The highest BCUT2D eigenvalue weighted by Gasteiger charge is 2.27. The normalized spacial score (nSPS) is 14.5. The lowest BCUT2D eigenvalue weighted by Gasteiger charge is -2.26. The van der Waals surface area contributed by atoms with Gasteiger partial charge in [-0.05, 0) is 66.9 Å². The van der Waals surface area contributed by atoms with Gasteiger partial charge in [-0.15, -0.1) is 11.8 Å². The van der Waals surface area contributed by atoms with E-state index in [4.69, 9.17) is 4.74 Å². The van der Waals surface area contributed by atoms with E-state index in [1.165, 1.54) is 23.5 Å². The van der Waals surface area contributed by atoms with E-state index in [9.17, 15) is 13.2 Å². The lowest BCUT2D eigenvalue weighted by Crippen LogP contribution is -2.35. The zero-order valence-corrected chi connectivity index (χ0v) is 20.6. The van der Waals surface area contributed by atoms with Gasteiger partial charge in [0.05, 0.1) is 17.7 Å². The number of amides is 1. The smallest absolute Gasteiger partial charge is 0.255 e.